The third kappa shape index (κ3) is 5.97. The second-order valence-electron chi connectivity index (χ2n) is 4.98. The summed E-state index contributed by atoms with van der Waals surface area (Å²) in [7, 11) is 0. The van der Waals surface area contributed by atoms with E-state index in [4.69, 9.17) is 0 Å². The molecule has 0 spiro atoms. The monoisotopic (exact) mass is 318 g/mol. The van der Waals surface area contributed by atoms with Gasteiger partial charge in [-0.25, -0.2) is 0 Å². The molecule has 0 saturated heterocycles. The molecular formula is C14H17F3N2OS. The number of hydrogen-bond acceptors (Lipinski definition) is 3. The Morgan fingerprint density at radius 3 is 2.38 bits per heavy atom. The summed E-state index contributed by atoms with van der Waals surface area (Å²) in [5.41, 5.74) is -3.80. The second kappa shape index (κ2) is 7.17. The van der Waals surface area contributed by atoms with Gasteiger partial charge in [0.25, 0.3) is 0 Å². The molecule has 0 radical (unpaired) electrons. The van der Waals surface area contributed by atoms with Crippen LogP contribution in [0.5, 0.6) is 0 Å². The van der Waals surface area contributed by atoms with Crippen molar-refractivity contribution in [2.75, 3.05) is 11.9 Å². The van der Waals surface area contributed by atoms with Gasteiger partial charge in [0.2, 0.25) is 5.91 Å². The summed E-state index contributed by atoms with van der Waals surface area (Å²) in [6, 6.07) is 6.04. The lowest BCUT2D eigenvalue weighted by Crippen LogP contribution is -2.34. The SMILES string of the molecule is O=C(CNC1CCCC1)Nc1ccc(SC(F)(F)F)cc1. The number of thioether (sulfide) groups is 1. The van der Waals surface area contributed by atoms with E-state index in [2.05, 4.69) is 10.6 Å². The Hall–Kier alpha value is -1.21. The van der Waals surface area contributed by atoms with E-state index in [0.717, 1.165) is 12.8 Å². The van der Waals surface area contributed by atoms with Crippen LogP contribution in [0.15, 0.2) is 29.2 Å². The van der Waals surface area contributed by atoms with Crippen LogP contribution in [0, 0.1) is 0 Å². The molecule has 0 atom stereocenters. The van der Waals surface area contributed by atoms with Gasteiger partial charge in [-0.05, 0) is 48.9 Å². The highest BCUT2D eigenvalue weighted by Crippen LogP contribution is 2.36. The maximum Gasteiger partial charge on any atom is 0.446 e. The molecule has 1 aliphatic rings. The average Bonchev–Trinajstić information content (AvgIpc) is 2.90. The van der Waals surface area contributed by atoms with Gasteiger partial charge >= 0.3 is 5.51 Å². The zero-order valence-corrected chi connectivity index (χ0v) is 12.2. The van der Waals surface area contributed by atoms with E-state index in [1.54, 1.807) is 0 Å². The molecule has 21 heavy (non-hydrogen) atoms. The van der Waals surface area contributed by atoms with Gasteiger partial charge in [-0.1, -0.05) is 12.8 Å². The molecule has 116 valence electrons. The summed E-state index contributed by atoms with van der Waals surface area (Å²) in [5, 5.41) is 5.84. The fraction of sp³-hybridized carbons (Fsp3) is 0.500. The highest BCUT2D eigenvalue weighted by Gasteiger charge is 2.29. The Balaban J connectivity index is 1.78. The van der Waals surface area contributed by atoms with E-state index in [0.29, 0.717) is 11.7 Å². The summed E-state index contributed by atoms with van der Waals surface area (Å²) >= 11 is -0.170. The first-order valence-electron chi connectivity index (χ1n) is 6.81. The third-order valence-corrected chi connectivity index (χ3v) is 4.02. The molecule has 1 aromatic rings. The zero-order valence-electron chi connectivity index (χ0n) is 11.4. The van der Waals surface area contributed by atoms with Crippen molar-refractivity contribution in [3.05, 3.63) is 24.3 Å². The Morgan fingerprint density at radius 1 is 1.19 bits per heavy atom. The number of benzene rings is 1. The Bertz CT molecular complexity index is 470. The van der Waals surface area contributed by atoms with Crippen molar-refractivity contribution in [2.24, 2.45) is 0 Å². The van der Waals surface area contributed by atoms with E-state index < -0.39 is 5.51 Å². The number of carbonyl (C=O) groups excluding carboxylic acids is 1. The lowest BCUT2D eigenvalue weighted by Gasteiger charge is -2.12. The number of anilines is 1. The minimum Gasteiger partial charge on any atom is -0.325 e. The maximum atomic E-state index is 12.2. The van der Waals surface area contributed by atoms with Crippen LogP contribution >= 0.6 is 11.8 Å². The molecule has 1 amide bonds. The molecule has 7 heteroatoms. The van der Waals surface area contributed by atoms with E-state index in [1.807, 2.05) is 0 Å². The summed E-state index contributed by atoms with van der Waals surface area (Å²) in [6.07, 6.45) is 4.57. The van der Waals surface area contributed by atoms with Crippen molar-refractivity contribution in [3.8, 4) is 0 Å². The maximum absolute atomic E-state index is 12.2. The normalized spacial score (nSPS) is 16.1. The van der Waals surface area contributed by atoms with Crippen LogP contribution in [0.1, 0.15) is 25.7 Å². The first-order chi connectivity index (χ1) is 9.92. The minimum absolute atomic E-state index is 0.101. The van der Waals surface area contributed by atoms with Crippen LogP contribution in [-0.2, 0) is 4.79 Å². The lowest BCUT2D eigenvalue weighted by atomic mass is 10.2. The summed E-state index contributed by atoms with van der Waals surface area (Å²) in [6.45, 7) is 0.226. The van der Waals surface area contributed by atoms with Crippen molar-refractivity contribution < 1.29 is 18.0 Å². The number of hydrogen-bond donors (Lipinski definition) is 2. The Morgan fingerprint density at radius 2 is 1.81 bits per heavy atom. The molecule has 2 rings (SSSR count). The average molecular weight is 318 g/mol. The van der Waals surface area contributed by atoms with Gasteiger partial charge < -0.3 is 10.6 Å². The Labute approximate surface area is 125 Å². The Kier molecular flexibility index (Phi) is 5.52. The van der Waals surface area contributed by atoms with Crippen LogP contribution in [0.25, 0.3) is 0 Å². The molecule has 1 aromatic carbocycles. The van der Waals surface area contributed by atoms with Gasteiger partial charge in [0.1, 0.15) is 0 Å². The second-order valence-corrected chi connectivity index (χ2v) is 6.12. The first kappa shape index (κ1) is 16.2. The van der Waals surface area contributed by atoms with Crippen molar-refractivity contribution in [3.63, 3.8) is 0 Å². The third-order valence-electron chi connectivity index (χ3n) is 3.28. The topological polar surface area (TPSA) is 41.1 Å². The van der Waals surface area contributed by atoms with Gasteiger partial charge in [-0.2, -0.15) is 13.2 Å². The van der Waals surface area contributed by atoms with Gasteiger partial charge in [0.15, 0.2) is 0 Å². The summed E-state index contributed by atoms with van der Waals surface area (Å²) < 4.78 is 36.6. The van der Waals surface area contributed by atoms with E-state index in [1.165, 1.54) is 37.1 Å². The molecule has 0 bridgehead atoms. The van der Waals surface area contributed by atoms with E-state index in [-0.39, 0.29) is 29.1 Å². The molecule has 3 nitrogen and oxygen atoms in total. The molecule has 1 saturated carbocycles. The predicted octanol–water partition coefficient (Wildman–Crippen LogP) is 3.77. The molecule has 0 aliphatic heterocycles. The molecule has 1 aliphatic carbocycles. The summed E-state index contributed by atoms with van der Waals surface area (Å²) in [4.78, 5) is 11.8. The van der Waals surface area contributed by atoms with Crippen LogP contribution in [0.2, 0.25) is 0 Å². The van der Waals surface area contributed by atoms with Crippen LogP contribution < -0.4 is 10.6 Å². The van der Waals surface area contributed by atoms with Gasteiger partial charge in [-0.15, -0.1) is 0 Å². The smallest absolute Gasteiger partial charge is 0.325 e. The van der Waals surface area contributed by atoms with Crippen molar-refractivity contribution >= 4 is 23.4 Å². The number of rotatable bonds is 5. The molecule has 2 N–H and O–H groups in total. The summed E-state index contributed by atoms with van der Waals surface area (Å²) in [5.74, 6) is -0.182. The van der Waals surface area contributed by atoms with Crippen LogP contribution in [0.3, 0.4) is 0 Å². The lowest BCUT2D eigenvalue weighted by molar-refractivity contribution is -0.115. The van der Waals surface area contributed by atoms with Crippen molar-refractivity contribution in [1.29, 1.82) is 0 Å². The van der Waals surface area contributed by atoms with Gasteiger partial charge in [0.05, 0.1) is 6.54 Å². The van der Waals surface area contributed by atoms with E-state index >= 15 is 0 Å². The predicted molar refractivity (Wildman–Crippen MR) is 77.2 cm³/mol. The molecule has 1 fully saturated rings. The quantitative estimate of drug-likeness (QED) is 0.812. The number of carbonyl (C=O) groups is 1. The first-order valence-corrected chi connectivity index (χ1v) is 7.63. The van der Waals surface area contributed by atoms with E-state index in [9.17, 15) is 18.0 Å². The minimum atomic E-state index is -4.30. The highest BCUT2D eigenvalue weighted by molar-refractivity contribution is 8.00. The number of nitrogens with one attached hydrogen (secondary N) is 2. The molecular weight excluding hydrogens is 301 g/mol. The fourth-order valence-corrected chi connectivity index (χ4v) is 2.85. The molecule has 0 unspecified atom stereocenters. The van der Waals surface area contributed by atoms with Crippen molar-refractivity contribution in [2.45, 2.75) is 42.1 Å². The fourth-order valence-electron chi connectivity index (χ4n) is 2.31. The van der Waals surface area contributed by atoms with Gasteiger partial charge in [-0.3, -0.25) is 4.79 Å². The zero-order chi connectivity index (χ0) is 15.3. The largest absolute Gasteiger partial charge is 0.446 e. The standard InChI is InChI=1S/C14H17F3N2OS/c15-14(16,17)21-12-7-5-11(6-8-12)19-13(20)9-18-10-3-1-2-4-10/h5-8,10,18H,1-4,9H2,(H,19,20). The van der Waals surface area contributed by atoms with Crippen molar-refractivity contribution in [1.82, 2.24) is 5.32 Å². The highest BCUT2D eigenvalue weighted by atomic mass is 32.2. The number of amides is 1. The van der Waals surface area contributed by atoms with Crippen LogP contribution in [0.4, 0.5) is 18.9 Å². The number of halogens is 3. The van der Waals surface area contributed by atoms with Crippen LogP contribution in [-0.4, -0.2) is 24.0 Å². The number of alkyl halides is 3. The van der Waals surface area contributed by atoms with Gasteiger partial charge in [0, 0.05) is 16.6 Å². The molecule has 0 heterocycles. The molecule has 0 aromatic heterocycles.